The van der Waals surface area contributed by atoms with Crippen LogP contribution in [-0.2, 0) is 4.84 Å². The number of hydrogen-bond acceptors (Lipinski definition) is 9. The predicted molar refractivity (Wildman–Crippen MR) is 77.2 cm³/mol. The molecule has 2 rings (SSSR count). The number of aryl methyl sites for hydroxylation is 1. The molecule has 0 fully saturated rings. The fraction of sp³-hybridized carbons (Fsp3) is 0.286. The Morgan fingerprint density at radius 2 is 2.04 bits per heavy atom. The third kappa shape index (κ3) is 3.54. The molecule has 0 unspecified atom stereocenters. The number of hydrogen-bond donors (Lipinski definition) is 0. The van der Waals surface area contributed by atoms with E-state index in [1.54, 1.807) is 20.8 Å². The number of nitrogens with zero attached hydrogens (tertiary/aromatic N) is 4. The van der Waals surface area contributed by atoms with Crippen LogP contribution in [0.2, 0.25) is 0 Å². The zero-order valence-electron chi connectivity index (χ0n) is 13.5. The van der Waals surface area contributed by atoms with Gasteiger partial charge in [-0.1, -0.05) is 10.3 Å². The molecule has 0 aliphatic rings. The maximum absolute atomic E-state index is 12.5. The summed E-state index contributed by atoms with van der Waals surface area (Å²) in [5.74, 6) is -1.35. The van der Waals surface area contributed by atoms with Gasteiger partial charge in [0.25, 0.3) is 11.6 Å². The van der Waals surface area contributed by atoms with Crippen LogP contribution in [0.5, 0.6) is 0 Å². The van der Waals surface area contributed by atoms with Crippen LogP contribution in [0, 0.1) is 6.92 Å². The van der Waals surface area contributed by atoms with E-state index in [1.807, 2.05) is 0 Å². The molecule has 0 bridgehead atoms. The first-order valence-corrected chi connectivity index (χ1v) is 6.75. The lowest BCUT2D eigenvalue weighted by Gasteiger charge is -1.93. The summed E-state index contributed by atoms with van der Waals surface area (Å²) in [6.07, 6.45) is 3.52. The Balaban J connectivity index is 2.34. The van der Waals surface area contributed by atoms with Gasteiger partial charge in [-0.3, -0.25) is 9.59 Å². The smallest absolute Gasteiger partial charge is 0.332 e. The second-order valence-electron chi connectivity index (χ2n) is 4.88. The van der Waals surface area contributed by atoms with Gasteiger partial charge in [-0.25, -0.2) is 0 Å². The minimum Gasteiger partial charge on any atom is -0.365 e. The summed E-state index contributed by atoms with van der Waals surface area (Å²) < 4.78 is 9.52. The second-order valence-corrected chi connectivity index (χ2v) is 4.88. The van der Waals surface area contributed by atoms with Crippen molar-refractivity contribution in [3.05, 3.63) is 40.7 Å². The summed E-state index contributed by atoms with van der Waals surface area (Å²) >= 11 is 0. The summed E-state index contributed by atoms with van der Waals surface area (Å²) in [7, 11) is 1.24. The van der Waals surface area contributed by atoms with E-state index in [1.165, 1.54) is 19.6 Å². The number of rotatable bonds is 7. The first-order chi connectivity index (χ1) is 11.5. The molecule has 0 aromatic carbocycles. The third-order valence-electron chi connectivity index (χ3n) is 2.71. The van der Waals surface area contributed by atoms with E-state index in [0.717, 1.165) is 11.8 Å². The van der Waals surface area contributed by atoms with Crippen LogP contribution >= 0.6 is 0 Å². The SMILES string of the molecule is CO[n+]1onc(C(=O)c2nocc2C)c1C(=O)/C=N/OC=C(C)C. The van der Waals surface area contributed by atoms with Crippen molar-refractivity contribution in [2.75, 3.05) is 7.11 Å². The van der Waals surface area contributed by atoms with Crippen molar-refractivity contribution in [1.29, 1.82) is 0 Å². The van der Waals surface area contributed by atoms with E-state index in [2.05, 4.69) is 15.5 Å². The fourth-order valence-corrected chi connectivity index (χ4v) is 1.62. The molecule has 0 atom stereocenters. The number of carbonyl (C=O) groups is 2. The van der Waals surface area contributed by atoms with Crippen molar-refractivity contribution in [2.45, 2.75) is 20.8 Å². The van der Waals surface area contributed by atoms with Crippen molar-refractivity contribution >= 4 is 17.8 Å². The molecule has 0 radical (unpaired) electrons. The maximum atomic E-state index is 12.5. The lowest BCUT2D eigenvalue weighted by atomic mass is 10.1. The van der Waals surface area contributed by atoms with Crippen molar-refractivity contribution in [3.63, 3.8) is 0 Å². The number of carbonyl (C=O) groups excluding carboxylic acids is 2. The molecular formula is C14H15N4O6+. The van der Waals surface area contributed by atoms with Crippen LogP contribution in [0.1, 0.15) is 46.1 Å². The van der Waals surface area contributed by atoms with Crippen molar-refractivity contribution in [2.24, 2.45) is 5.16 Å². The van der Waals surface area contributed by atoms with E-state index >= 15 is 0 Å². The summed E-state index contributed by atoms with van der Waals surface area (Å²) in [6.45, 7) is 5.23. The second kappa shape index (κ2) is 7.31. The van der Waals surface area contributed by atoms with Crippen molar-refractivity contribution < 1.29 is 33.3 Å². The van der Waals surface area contributed by atoms with Gasteiger partial charge in [-0.15, -0.1) is 0 Å². The third-order valence-corrected chi connectivity index (χ3v) is 2.71. The van der Waals surface area contributed by atoms with Crippen molar-refractivity contribution in [3.8, 4) is 0 Å². The van der Waals surface area contributed by atoms with E-state index in [4.69, 9.17) is 18.8 Å². The summed E-state index contributed by atoms with van der Waals surface area (Å²) in [5.41, 5.74) is 0.820. The van der Waals surface area contributed by atoms with E-state index in [9.17, 15) is 9.59 Å². The maximum Gasteiger partial charge on any atom is 0.332 e. The zero-order valence-corrected chi connectivity index (χ0v) is 13.5. The van der Waals surface area contributed by atoms with Crippen LogP contribution in [0.25, 0.3) is 0 Å². The standard InChI is InChI=1S/C14H15N4O6/c1-8(2)6-22-15-5-10(19)13-12(17-24-18(13)21-4)14(20)11-9(3)7-23-16-11/h5-7H,1-4H3/q+1/b15-5+. The molecule has 0 N–H and O–H groups in total. The van der Waals surface area contributed by atoms with Crippen molar-refractivity contribution in [1.82, 2.24) is 10.3 Å². The molecule has 0 saturated carbocycles. The van der Waals surface area contributed by atoms with Gasteiger partial charge in [0, 0.05) is 5.56 Å². The highest BCUT2D eigenvalue weighted by molar-refractivity contribution is 6.36. The normalized spacial score (nSPS) is 10.7. The number of oxime groups is 1. The molecule has 10 nitrogen and oxygen atoms in total. The largest absolute Gasteiger partial charge is 0.365 e. The van der Waals surface area contributed by atoms with Gasteiger partial charge >= 0.3 is 11.4 Å². The van der Waals surface area contributed by atoms with Gasteiger partial charge < -0.3 is 14.2 Å². The molecule has 2 heterocycles. The Kier molecular flexibility index (Phi) is 5.20. The Morgan fingerprint density at radius 1 is 1.29 bits per heavy atom. The van der Waals surface area contributed by atoms with Crippen LogP contribution in [-0.4, -0.2) is 35.2 Å². The first kappa shape index (κ1) is 17.1. The summed E-state index contributed by atoms with van der Waals surface area (Å²) in [5, 5.41) is 10.6. The molecule has 2 aromatic heterocycles. The minimum absolute atomic E-state index is 0.0123. The molecule has 0 spiro atoms. The van der Waals surface area contributed by atoms with Crippen LogP contribution in [0.15, 0.2) is 32.4 Å². The quantitative estimate of drug-likeness (QED) is 0.313. The van der Waals surface area contributed by atoms with E-state index in [-0.39, 0.29) is 17.1 Å². The Hall–Kier alpha value is -3.30. The molecule has 0 aliphatic heterocycles. The van der Waals surface area contributed by atoms with E-state index in [0.29, 0.717) is 10.5 Å². The topological polar surface area (TPSA) is 121 Å². The van der Waals surface area contributed by atoms with Gasteiger partial charge in [0.2, 0.25) is 0 Å². The van der Waals surface area contributed by atoms with Gasteiger partial charge in [0.05, 0.1) is 0 Å². The van der Waals surface area contributed by atoms with Crippen LogP contribution in [0.3, 0.4) is 0 Å². The summed E-state index contributed by atoms with van der Waals surface area (Å²) in [6, 6.07) is 0. The first-order valence-electron chi connectivity index (χ1n) is 6.75. The molecule has 0 saturated heterocycles. The molecular weight excluding hydrogens is 320 g/mol. The van der Waals surface area contributed by atoms with Crippen LogP contribution < -0.4 is 9.74 Å². The molecule has 10 heteroatoms. The average Bonchev–Trinajstić information content (AvgIpc) is 3.16. The molecule has 24 heavy (non-hydrogen) atoms. The molecule has 2 aromatic rings. The molecule has 0 amide bonds. The van der Waals surface area contributed by atoms with Gasteiger partial charge in [-0.2, -0.15) is 0 Å². The Labute approximate surface area is 136 Å². The van der Waals surface area contributed by atoms with Gasteiger partial charge in [0.15, 0.2) is 10.9 Å². The van der Waals surface area contributed by atoms with Gasteiger partial charge in [-0.05, 0) is 31.0 Å². The summed E-state index contributed by atoms with van der Waals surface area (Å²) in [4.78, 5) is 35.1. The predicted octanol–water partition coefficient (Wildman–Crippen LogP) is 0.657. The Morgan fingerprint density at radius 3 is 2.62 bits per heavy atom. The number of Topliss-reactive ketones (excluding diaryl/α,β-unsaturated/α-hetero) is 1. The monoisotopic (exact) mass is 335 g/mol. The number of allylic oxidation sites excluding steroid dienone is 1. The highest BCUT2D eigenvalue weighted by atomic mass is 16.8. The highest BCUT2D eigenvalue weighted by Gasteiger charge is 2.38. The highest BCUT2D eigenvalue weighted by Crippen LogP contribution is 2.12. The average molecular weight is 335 g/mol. The zero-order chi connectivity index (χ0) is 17.7. The number of ketones is 2. The Bertz CT molecular complexity index is 813. The van der Waals surface area contributed by atoms with Gasteiger partial charge in [0.1, 0.15) is 30.8 Å². The number of aromatic nitrogens is 3. The lowest BCUT2D eigenvalue weighted by molar-refractivity contribution is -1.02. The van der Waals surface area contributed by atoms with E-state index < -0.39 is 11.6 Å². The minimum atomic E-state index is -0.704. The molecule has 0 aliphatic carbocycles. The fourth-order valence-electron chi connectivity index (χ4n) is 1.62. The lowest BCUT2D eigenvalue weighted by Crippen LogP contribution is -2.44. The van der Waals surface area contributed by atoms with Crippen LogP contribution in [0.4, 0.5) is 0 Å². The molecule has 126 valence electrons.